The summed E-state index contributed by atoms with van der Waals surface area (Å²) in [6.07, 6.45) is 3.08. The van der Waals surface area contributed by atoms with Gasteiger partial charge in [0.05, 0.1) is 0 Å². The lowest BCUT2D eigenvalue weighted by atomic mass is 10.0. The van der Waals surface area contributed by atoms with Crippen molar-refractivity contribution >= 4 is 11.6 Å². The fourth-order valence-electron chi connectivity index (χ4n) is 2.64. The van der Waals surface area contributed by atoms with Crippen LogP contribution in [0.15, 0.2) is 24.3 Å². The van der Waals surface area contributed by atoms with Gasteiger partial charge >= 0.3 is 0 Å². The van der Waals surface area contributed by atoms with Crippen molar-refractivity contribution in [3.63, 3.8) is 0 Å². The molecular formula is C16H25N3O2. The molecule has 0 bridgehead atoms. The summed E-state index contributed by atoms with van der Waals surface area (Å²) in [6.45, 7) is 3.97. The van der Waals surface area contributed by atoms with Gasteiger partial charge in [0.25, 0.3) is 5.91 Å². The number of methoxy groups -OCH3 is 1. The molecule has 1 saturated heterocycles. The van der Waals surface area contributed by atoms with Gasteiger partial charge in [0, 0.05) is 50.6 Å². The smallest absolute Gasteiger partial charge is 0.251 e. The van der Waals surface area contributed by atoms with Gasteiger partial charge in [-0.1, -0.05) is 0 Å². The molecule has 5 heteroatoms. The molecule has 0 unspecified atom stereocenters. The standard InChI is InChI=1S/C16H25N3O2/c1-21-12-2-9-19-10-7-15(8-11-19)18-16(20)13-3-5-14(17)6-4-13/h3-6,15H,2,7-12,17H2,1H3,(H,18,20). The summed E-state index contributed by atoms with van der Waals surface area (Å²) in [4.78, 5) is 14.6. The summed E-state index contributed by atoms with van der Waals surface area (Å²) in [6, 6.07) is 7.32. The lowest BCUT2D eigenvalue weighted by Crippen LogP contribution is -2.44. The van der Waals surface area contributed by atoms with Crippen molar-refractivity contribution in [1.29, 1.82) is 0 Å². The fraction of sp³-hybridized carbons (Fsp3) is 0.562. The number of rotatable bonds is 6. The number of nitrogens with one attached hydrogen (secondary N) is 1. The van der Waals surface area contributed by atoms with Crippen molar-refractivity contribution in [3.8, 4) is 0 Å². The number of hydrogen-bond donors (Lipinski definition) is 2. The Kier molecular flexibility index (Phi) is 6.02. The summed E-state index contributed by atoms with van der Waals surface area (Å²) in [5, 5.41) is 3.11. The number of hydrogen-bond acceptors (Lipinski definition) is 4. The summed E-state index contributed by atoms with van der Waals surface area (Å²) in [5.41, 5.74) is 6.98. The molecular weight excluding hydrogens is 266 g/mol. The van der Waals surface area contributed by atoms with Crippen molar-refractivity contribution in [2.75, 3.05) is 39.1 Å². The van der Waals surface area contributed by atoms with Gasteiger partial charge in [-0.05, 0) is 43.5 Å². The number of nitrogen functional groups attached to an aromatic ring is 1. The molecule has 1 aliphatic rings. The monoisotopic (exact) mass is 291 g/mol. The van der Waals surface area contributed by atoms with E-state index in [1.807, 2.05) is 0 Å². The third-order valence-electron chi connectivity index (χ3n) is 3.92. The number of likely N-dealkylation sites (tertiary alicyclic amines) is 1. The number of anilines is 1. The highest BCUT2D eigenvalue weighted by molar-refractivity contribution is 5.94. The van der Waals surface area contributed by atoms with E-state index in [4.69, 9.17) is 10.5 Å². The third-order valence-corrected chi connectivity index (χ3v) is 3.92. The Hall–Kier alpha value is -1.59. The minimum absolute atomic E-state index is 0.00664. The number of nitrogens with two attached hydrogens (primary N) is 1. The molecule has 1 aromatic carbocycles. The predicted octanol–water partition coefficient (Wildman–Crippen LogP) is 1.50. The van der Waals surface area contributed by atoms with Crippen LogP contribution in [0.2, 0.25) is 0 Å². The number of nitrogens with zero attached hydrogens (tertiary/aromatic N) is 1. The number of benzene rings is 1. The first-order valence-electron chi connectivity index (χ1n) is 7.56. The van der Waals surface area contributed by atoms with E-state index in [1.165, 1.54) is 0 Å². The zero-order valence-corrected chi connectivity index (χ0v) is 12.7. The average molecular weight is 291 g/mol. The van der Waals surface area contributed by atoms with E-state index in [1.54, 1.807) is 31.4 Å². The van der Waals surface area contributed by atoms with Gasteiger partial charge < -0.3 is 20.7 Å². The Labute approximate surface area is 126 Å². The molecule has 116 valence electrons. The van der Waals surface area contributed by atoms with E-state index >= 15 is 0 Å². The van der Waals surface area contributed by atoms with Crippen LogP contribution >= 0.6 is 0 Å². The van der Waals surface area contributed by atoms with E-state index in [-0.39, 0.29) is 11.9 Å². The summed E-state index contributed by atoms with van der Waals surface area (Å²) in [7, 11) is 1.74. The minimum atomic E-state index is -0.00664. The highest BCUT2D eigenvalue weighted by Gasteiger charge is 2.20. The van der Waals surface area contributed by atoms with Gasteiger partial charge in [-0.2, -0.15) is 0 Å². The molecule has 5 nitrogen and oxygen atoms in total. The van der Waals surface area contributed by atoms with E-state index in [0.717, 1.165) is 45.5 Å². The van der Waals surface area contributed by atoms with Crippen molar-refractivity contribution in [2.24, 2.45) is 0 Å². The van der Waals surface area contributed by atoms with Crippen molar-refractivity contribution in [3.05, 3.63) is 29.8 Å². The molecule has 0 spiro atoms. The number of ether oxygens (including phenoxy) is 1. The maximum atomic E-state index is 12.1. The number of amides is 1. The van der Waals surface area contributed by atoms with Gasteiger partial charge in [-0.25, -0.2) is 0 Å². The van der Waals surface area contributed by atoms with Crippen LogP contribution in [-0.2, 0) is 4.74 Å². The van der Waals surface area contributed by atoms with Crippen LogP contribution in [0, 0.1) is 0 Å². The van der Waals surface area contributed by atoms with E-state index < -0.39 is 0 Å². The molecule has 0 saturated carbocycles. The summed E-state index contributed by atoms with van der Waals surface area (Å²) >= 11 is 0. The molecule has 0 radical (unpaired) electrons. The molecule has 1 aromatic rings. The zero-order chi connectivity index (χ0) is 15.1. The second-order valence-electron chi connectivity index (χ2n) is 5.56. The molecule has 1 heterocycles. The zero-order valence-electron chi connectivity index (χ0n) is 12.7. The molecule has 0 atom stereocenters. The highest BCUT2D eigenvalue weighted by Crippen LogP contribution is 2.12. The molecule has 0 aliphatic carbocycles. The van der Waals surface area contributed by atoms with Crippen LogP contribution in [0.4, 0.5) is 5.69 Å². The molecule has 0 aromatic heterocycles. The quantitative estimate of drug-likeness (QED) is 0.616. The highest BCUT2D eigenvalue weighted by atomic mass is 16.5. The molecule has 1 fully saturated rings. The maximum absolute atomic E-state index is 12.1. The van der Waals surface area contributed by atoms with Crippen LogP contribution in [0.3, 0.4) is 0 Å². The van der Waals surface area contributed by atoms with Crippen LogP contribution in [0.5, 0.6) is 0 Å². The van der Waals surface area contributed by atoms with Crippen molar-refractivity contribution in [1.82, 2.24) is 10.2 Å². The Morgan fingerprint density at radius 3 is 2.62 bits per heavy atom. The number of carbonyl (C=O) groups is 1. The number of piperidine rings is 1. The number of carbonyl (C=O) groups excluding carboxylic acids is 1. The molecule has 21 heavy (non-hydrogen) atoms. The van der Waals surface area contributed by atoms with Gasteiger partial charge in [0.15, 0.2) is 0 Å². The normalized spacial score (nSPS) is 16.8. The summed E-state index contributed by atoms with van der Waals surface area (Å²) < 4.78 is 5.07. The molecule has 1 aliphatic heterocycles. The third kappa shape index (κ3) is 5.02. The lowest BCUT2D eigenvalue weighted by molar-refractivity contribution is 0.0907. The minimum Gasteiger partial charge on any atom is -0.399 e. The van der Waals surface area contributed by atoms with E-state index in [0.29, 0.717) is 11.3 Å². The Morgan fingerprint density at radius 2 is 2.00 bits per heavy atom. The second kappa shape index (κ2) is 8.00. The second-order valence-corrected chi connectivity index (χ2v) is 5.56. The lowest BCUT2D eigenvalue weighted by Gasteiger charge is -2.32. The van der Waals surface area contributed by atoms with Crippen LogP contribution < -0.4 is 11.1 Å². The largest absolute Gasteiger partial charge is 0.399 e. The maximum Gasteiger partial charge on any atom is 0.251 e. The van der Waals surface area contributed by atoms with Crippen molar-refractivity contribution < 1.29 is 9.53 Å². The first-order valence-corrected chi connectivity index (χ1v) is 7.56. The summed E-state index contributed by atoms with van der Waals surface area (Å²) in [5.74, 6) is -0.00664. The Morgan fingerprint density at radius 1 is 1.33 bits per heavy atom. The van der Waals surface area contributed by atoms with E-state index in [9.17, 15) is 4.79 Å². The van der Waals surface area contributed by atoms with Crippen LogP contribution in [-0.4, -0.2) is 50.2 Å². The predicted molar refractivity (Wildman–Crippen MR) is 84.3 cm³/mol. The molecule has 3 N–H and O–H groups in total. The first kappa shape index (κ1) is 15.8. The molecule has 1 amide bonds. The Bertz CT molecular complexity index is 439. The fourth-order valence-corrected chi connectivity index (χ4v) is 2.64. The van der Waals surface area contributed by atoms with Gasteiger partial charge in [-0.3, -0.25) is 4.79 Å². The van der Waals surface area contributed by atoms with Crippen molar-refractivity contribution in [2.45, 2.75) is 25.3 Å². The average Bonchev–Trinajstić information content (AvgIpc) is 2.50. The van der Waals surface area contributed by atoms with E-state index in [2.05, 4.69) is 10.2 Å². The topological polar surface area (TPSA) is 67.6 Å². The first-order chi connectivity index (χ1) is 10.2. The van der Waals surface area contributed by atoms with Gasteiger partial charge in [-0.15, -0.1) is 0 Å². The SMILES string of the molecule is COCCCN1CCC(NC(=O)c2ccc(N)cc2)CC1. The van der Waals surface area contributed by atoms with Crippen LogP contribution in [0.25, 0.3) is 0 Å². The Balaban J connectivity index is 1.73. The molecule has 2 rings (SSSR count). The van der Waals surface area contributed by atoms with Gasteiger partial charge in [0.1, 0.15) is 0 Å². The van der Waals surface area contributed by atoms with Crippen LogP contribution in [0.1, 0.15) is 29.6 Å². The van der Waals surface area contributed by atoms with Gasteiger partial charge in [0.2, 0.25) is 0 Å².